The van der Waals surface area contributed by atoms with E-state index in [0.717, 1.165) is 37.0 Å². The quantitative estimate of drug-likeness (QED) is 0.298. The molecular formula is C24H29FN2O4. The molecule has 1 aromatic carbocycles. The summed E-state index contributed by atoms with van der Waals surface area (Å²) in [6.45, 7) is 10.1. The van der Waals surface area contributed by atoms with Crippen molar-refractivity contribution in [3.8, 4) is 11.1 Å². The van der Waals surface area contributed by atoms with Crippen molar-refractivity contribution < 1.29 is 23.4 Å². The Labute approximate surface area is 182 Å². The van der Waals surface area contributed by atoms with Crippen LogP contribution in [-0.2, 0) is 19.0 Å². The van der Waals surface area contributed by atoms with Crippen molar-refractivity contribution in [2.24, 2.45) is 0 Å². The predicted octanol–water partition coefficient (Wildman–Crippen LogP) is 5.14. The van der Waals surface area contributed by atoms with Crippen LogP contribution in [0.3, 0.4) is 0 Å². The average Bonchev–Trinajstić information content (AvgIpc) is 3.28. The smallest absolute Gasteiger partial charge is 0.335 e. The lowest BCUT2D eigenvalue weighted by atomic mass is 10.0. The minimum atomic E-state index is -0.587. The SMILES string of the molecule is C=CCC(OCC(=C)C(=O)OCC)c1ccc(-c2cnn(C3CCCCO3)c2)cc1F. The molecule has 1 aliphatic rings. The molecule has 1 fully saturated rings. The van der Waals surface area contributed by atoms with E-state index >= 15 is 0 Å². The molecule has 0 bridgehead atoms. The standard InChI is InChI=1S/C24H29FN2O4/c1-4-8-22(31-16-17(3)24(28)29-5-2)20-11-10-18(13-21(20)25)19-14-26-27(15-19)23-9-6-7-12-30-23/h4,10-11,13-15,22-23H,1,3,5-9,12,16H2,2H3. The Kier molecular flexibility index (Phi) is 8.14. The average molecular weight is 429 g/mol. The van der Waals surface area contributed by atoms with Gasteiger partial charge in [0.25, 0.3) is 0 Å². The molecule has 6 nitrogen and oxygen atoms in total. The van der Waals surface area contributed by atoms with Gasteiger partial charge < -0.3 is 14.2 Å². The Morgan fingerprint density at radius 3 is 2.94 bits per heavy atom. The molecule has 2 heterocycles. The van der Waals surface area contributed by atoms with Gasteiger partial charge in [0.2, 0.25) is 0 Å². The first kappa shape index (κ1) is 22.9. The van der Waals surface area contributed by atoms with E-state index in [0.29, 0.717) is 12.0 Å². The molecule has 7 heteroatoms. The monoisotopic (exact) mass is 428 g/mol. The predicted molar refractivity (Wildman–Crippen MR) is 116 cm³/mol. The number of ether oxygens (including phenoxy) is 3. The summed E-state index contributed by atoms with van der Waals surface area (Å²) in [5.41, 5.74) is 2.11. The Balaban J connectivity index is 1.71. The summed E-state index contributed by atoms with van der Waals surface area (Å²) >= 11 is 0. The summed E-state index contributed by atoms with van der Waals surface area (Å²) in [6.07, 6.45) is 8.09. The van der Waals surface area contributed by atoms with Crippen LogP contribution in [-0.4, -0.2) is 35.6 Å². The van der Waals surface area contributed by atoms with E-state index < -0.39 is 17.9 Å². The van der Waals surface area contributed by atoms with Gasteiger partial charge in [0.1, 0.15) is 12.0 Å². The van der Waals surface area contributed by atoms with Crippen LogP contribution in [0.25, 0.3) is 11.1 Å². The maximum absolute atomic E-state index is 15.0. The van der Waals surface area contributed by atoms with Gasteiger partial charge in [-0.2, -0.15) is 5.10 Å². The number of hydrogen-bond acceptors (Lipinski definition) is 5. The van der Waals surface area contributed by atoms with Gasteiger partial charge in [-0.3, -0.25) is 0 Å². The first-order chi connectivity index (χ1) is 15.0. The molecule has 0 spiro atoms. The van der Waals surface area contributed by atoms with Crippen LogP contribution in [0.2, 0.25) is 0 Å². The van der Waals surface area contributed by atoms with E-state index in [1.807, 2.05) is 12.3 Å². The lowest BCUT2D eigenvalue weighted by Crippen LogP contribution is -2.18. The Bertz CT molecular complexity index is 918. The number of halogens is 1. The van der Waals surface area contributed by atoms with Crippen molar-refractivity contribution >= 4 is 5.97 Å². The van der Waals surface area contributed by atoms with Gasteiger partial charge in [-0.25, -0.2) is 13.9 Å². The molecule has 31 heavy (non-hydrogen) atoms. The first-order valence-electron chi connectivity index (χ1n) is 10.6. The van der Waals surface area contributed by atoms with Crippen LogP contribution in [0.15, 0.2) is 55.4 Å². The second-order valence-corrected chi connectivity index (χ2v) is 7.41. The zero-order chi connectivity index (χ0) is 22.2. The number of carbonyl (C=O) groups excluding carboxylic acids is 1. The lowest BCUT2D eigenvalue weighted by Gasteiger charge is -2.22. The minimum Gasteiger partial charge on any atom is -0.463 e. The third-order valence-electron chi connectivity index (χ3n) is 5.14. The van der Waals surface area contributed by atoms with Gasteiger partial charge in [-0.1, -0.05) is 24.8 Å². The fourth-order valence-electron chi connectivity index (χ4n) is 3.47. The van der Waals surface area contributed by atoms with Crippen molar-refractivity contribution in [1.82, 2.24) is 9.78 Å². The second-order valence-electron chi connectivity index (χ2n) is 7.41. The highest BCUT2D eigenvalue weighted by atomic mass is 19.1. The number of carbonyl (C=O) groups is 1. The molecular weight excluding hydrogens is 399 g/mol. The number of aromatic nitrogens is 2. The van der Waals surface area contributed by atoms with Gasteiger partial charge in [0.05, 0.1) is 31.1 Å². The third-order valence-corrected chi connectivity index (χ3v) is 5.14. The van der Waals surface area contributed by atoms with Crippen LogP contribution in [0.5, 0.6) is 0 Å². The number of benzene rings is 1. The van der Waals surface area contributed by atoms with Crippen molar-refractivity contribution in [3.05, 3.63) is 66.8 Å². The summed E-state index contributed by atoms with van der Waals surface area (Å²) in [5.74, 6) is -0.914. The fraction of sp³-hybridized carbons (Fsp3) is 0.417. The van der Waals surface area contributed by atoms with E-state index in [2.05, 4.69) is 18.3 Å². The molecule has 1 saturated heterocycles. The topological polar surface area (TPSA) is 62.6 Å². The molecule has 1 aromatic heterocycles. The molecule has 2 aromatic rings. The number of hydrogen-bond donors (Lipinski definition) is 0. The first-order valence-corrected chi connectivity index (χ1v) is 10.6. The summed E-state index contributed by atoms with van der Waals surface area (Å²) in [6, 6.07) is 5.00. The Morgan fingerprint density at radius 1 is 1.42 bits per heavy atom. The van der Waals surface area contributed by atoms with Gasteiger partial charge in [-0.05, 0) is 44.2 Å². The van der Waals surface area contributed by atoms with Crippen LogP contribution < -0.4 is 0 Å². The minimum absolute atomic E-state index is 0.0489. The number of esters is 1. The second kappa shape index (κ2) is 11.0. The van der Waals surface area contributed by atoms with Crippen LogP contribution in [0.4, 0.5) is 4.39 Å². The molecule has 166 valence electrons. The highest BCUT2D eigenvalue weighted by Gasteiger charge is 2.20. The van der Waals surface area contributed by atoms with Crippen LogP contribution in [0.1, 0.15) is 50.5 Å². The van der Waals surface area contributed by atoms with Gasteiger partial charge >= 0.3 is 5.97 Å². The molecule has 0 aliphatic carbocycles. The normalized spacial score (nSPS) is 17.2. The van der Waals surface area contributed by atoms with Gasteiger partial charge in [-0.15, -0.1) is 6.58 Å². The molecule has 0 radical (unpaired) electrons. The van der Waals surface area contributed by atoms with Crippen molar-refractivity contribution in [1.29, 1.82) is 0 Å². The summed E-state index contributed by atoms with van der Waals surface area (Å²) in [5, 5.41) is 4.39. The molecule has 0 saturated carbocycles. The largest absolute Gasteiger partial charge is 0.463 e. The molecule has 1 aliphatic heterocycles. The molecule has 0 amide bonds. The fourth-order valence-corrected chi connectivity index (χ4v) is 3.47. The maximum Gasteiger partial charge on any atom is 0.335 e. The Morgan fingerprint density at radius 2 is 2.26 bits per heavy atom. The van der Waals surface area contributed by atoms with E-state index in [4.69, 9.17) is 14.2 Å². The zero-order valence-corrected chi connectivity index (χ0v) is 17.9. The van der Waals surface area contributed by atoms with Gasteiger partial charge in [0.15, 0.2) is 0 Å². The molecule has 2 atom stereocenters. The lowest BCUT2D eigenvalue weighted by molar-refractivity contribution is -0.139. The summed E-state index contributed by atoms with van der Waals surface area (Å²) < 4.78 is 33.2. The highest BCUT2D eigenvalue weighted by Crippen LogP contribution is 2.30. The molecule has 0 N–H and O–H groups in total. The van der Waals surface area contributed by atoms with Crippen LogP contribution in [0, 0.1) is 5.82 Å². The highest BCUT2D eigenvalue weighted by molar-refractivity contribution is 5.87. The van der Waals surface area contributed by atoms with Crippen molar-refractivity contribution in [3.63, 3.8) is 0 Å². The third kappa shape index (κ3) is 5.89. The van der Waals surface area contributed by atoms with Crippen LogP contribution >= 0.6 is 0 Å². The molecule has 3 rings (SSSR count). The Hall–Kier alpha value is -2.77. The van der Waals surface area contributed by atoms with E-state index in [1.165, 1.54) is 6.07 Å². The van der Waals surface area contributed by atoms with E-state index in [-0.39, 0.29) is 25.0 Å². The van der Waals surface area contributed by atoms with E-state index in [9.17, 15) is 9.18 Å². The van der Waals surface area contributed by atoms with E-state index in [1.54, 1.807) is 29.9 Å². The van der Waals surface area contributed by atoms with Crippen molar-refractivity contribution in [2.75, 3.05) is 19.8 Å². The molecule has 2 unspecified atom stereocenters. The van der Waals surface area contributed by atoms with Gasteiger partial charge in [0, 0.05) is 23.9 Å². The summed E-state index contributed by atoms with van der Waals surface area (Å²) in [7, 11) is 0. The number of nitrogens with zero attached hydrogens (tertiary/aromatic N) is 2. The maximum atomic E-state index is 15.0. The zero-order valence-electron chi connectivity index (χ0n) is 17.9. The summed E-state index contributed by atoms with van der Waals surface area (Å²) in [4.78, 5) is 11.7. The number of rotatable bonds is 10. The van der Waals surface area contributed by atoms with Crippen molar-refractivity contribution in [2.45, 2.75) is 44.9 Å².